The van der Waals surface area contributed by atoms with Crippen molar-refractivity contribution >= 4 is 29.2 Å². The van der Waals surface area contributed by atoms with Crippen molar-refractivity contribution in [2.24, 2.45) is 0 Å². The van der Waals surface area contributed by atoms with E-state index in [1.807, 2.05) is 0 Å². The van der Waals surface area contributed by atoms with Gasteiger partial charge in [-0.3, -0.25) is 14.5 Å². The van der Waals surface area contributed by atoms with E-state index in [1.54, 1.807) is 74.1 Å². The summed E-state index contributed by atoms with van der Waals surface area (Å²) >= 11 is 5.88. The molecule has 0 aliphatic heterocycles. The van der Waals surface area contributed by atoms with Crippen LogP contribution in [0.2, 0.25) is 5.15 Å². The Morgan fingerprint density at radius 2 is 1.87 bits per heavy atom. The Hall–Kier alpha value is -3.45. The van der Waals surface area contributed by atoms with E-state index in [4.69, 9.17) is 16.3 Å². The number of halogens is 1. The Morgan fingerprint density at radius 3 is 2.43 bits per heavy atom. The van der Waals surface area contributed by atoms with E-state index in [-0.39, 0.29) is 6.54 Å². The average Bonchev–Trinajstić information content (AvgIpc) is 2.79. The van der Waals surface area contributed by atoms with Gasteiger partial charge in [0, 0.05) is 19.4 Å². The van der Waals surface area contributed by atoms with Gasteiger partial charge in [-0.05, 0) is 41.5 Å². The predicted molar refractivity (Wildman–Crippen MR) is 114 cm³/mol. The van der Waals surface area contributed by atoms with Crippen LogP contribution in [0.1, 0.15) is 17.0 Å². The normalized spacial score (nSPS) is 11.4. The van der Waals surface area contributed by atoms with E-state index >= 15 is 0 Å². The molecular formula is C22H21ClN4O3. The molecule has 0 bridgehead atoms. The predicted octanol–water partition coefficient (Wildman–Crippen LogP) is 3.20. The van der Waals surface area contributed by atoms with Gasteiger partial charge in [-0.1, -0.05) is 35.9 Å². The molecule has 2 amide bonds. The summed E-state index contributed by atoms with van der Waals surface area (Å²) in [5, 5.41) is 2.94. The zero-order chi connectivity index (χ0) is 21.5. The number of methoxy groups -OCH3 is 1. The molecule has 1 unspecified atom stereocenters. The average molecular weight is 425 g/mol. The lowest BCUT2D eigenvalue weighted by Crippen LogP contribution is -2.41. The fraction of sp³-hybridized carbons (Fsp3) is 0.182. The van der Waals surface area contributed by atoms with Crippen LogP contribution in [0.5, 0.6) is 5.75 Å². The van der Waals surface area contributed by atoms with Gasteiger partial charge in [0.1, 0.15) is 22.6 Å². The van der Waals surface area contributed by atoms with Gasteiger partial charge < -0.3 is 10.1 Å². The zero-order valence-electron chi connectivity index (χ0n) is 16.6. The van der Waals surface area contributed by atoms with Gasteiger partial charge in [0.2, 0.25) is 11.8 Å². The minimum Gasteiger partial charge on any atom is -0.497 e. The number of anilines is 1. The molecule has 0 fully saturated rings. The summed E-state index contributed by atoms with van der Waals surface area (Å²) in [6, 6.07) is 15.5. The number of carbonyl (C=O) groups excluding carboxylic acids is 2. The second-order valence-electron chi connectivity index (χ2n) is 6.42. The summed E-state index contributed by atoms with van der Waals surface area (Å²) in [7, 11) is 3.06. The van der Waals surface area contributed by atoms with E-state index in [0.29, 0.717) is 22.3 Å². The van der Waals surface area contributed by atoms with Gasteiger partial charge in [0.25, 0.3) is 0 Å². The summed E-state index contributed by atoms with van der Waals surface area (Å²) in [6.07, 6.45) is 3.19. The number of hydrogen-bond acceptors (Lipinski definition) is 5. The molecule has 154 valence electrons. The Bertz CT molecular complexity index is 995. The number of hydrogen-bond donors (Lipinski definition) is 1. The first-order valence-electron chi connectivity index (χ1n) is 9.22. The number of likely N-dealkylation sites (N-methyl/N-ethyl adjacent to an activating group) is 1. The number of aromatic nitrogens is 2. The highest BCUT2D eigenvalue weighted by Crippen LogP contribution is 2.25. The van der Waals surface area contributed by atoms with Crippen LogP contribution >= 0.6 is 11.6 Å². The maximum Gasteiger partial charge on any atom is 0.245 e. The third-order valence-corrected chi connectivity index (χ3v) is 4.75. The topological polar surface area (TPSA) is 84.4 Å². The second-order valence-corrected chi connectivity index (χ2v) is 6.81. The Kier molecular flexibility index (Phi) is 6.98. The number of rotatable bonds is 7. The van der Waals surface area contributed by atoms with Crippen molar-refractivity contribution < 1.29 is 14.3 Å². The van der Waals surface area contributed by atoms with Crippen molar-refractivity contribution in [1.29, 1.82) is 0 Å². The number of benzene rings is 1. The lowest BCUT2D eigenvalue weighted by molar-refractivity contribution is -0.130. The number of amides is 2. The first kappa shape index (κ1) is 21.3. The molecule has 0 radical (unpaired) electrons. The molecule has 0 spiro atoms. The lowest BCUT2D eigenvalue weighted by Gasteiger charge is -2.26. The maximum absolute atomic E-state index is 13.6. The van der Waals surface area contributed by atoms with Gasteiger partial charge in [-0.2, -0.15) is 0 Å². The summed E-state index contributed by atoms with van der Waals surface area (Å²) in [5.74, 6) is -0.813. The smallest absolute Gasteiger partial charge is 0.245 e. The minimum atomic E-state index is -1.05. The number of carbonyl (C=O) groups is 2. The third kappa shape index (κ3) is 4.93. The highest BCUT2D eigenvalue weighted by atomic mass is 35.5. The second kappa shape index (κ2) is 9.84. The van der Waals surface area contributed by atoms with E-state index in [2.05, 4.69) is 15.3 Å². The van der Waals surface area contributed by atoms with Crippen molar-refractivity contribution in [2.75, 3.05) is 19.1 Å². The monoisotopic (exact) mass is 424 g/mol. The van der Waals surface area contributed by atoms with Crippen molar-refractivity contribution in [2.45, 2.75) is 12.5 Å². The fourth-order valence-corrected chi connectivity index (χ4v) is 3.08. The summed E-state index contributed by atoms with van der Waals surface area (Å²) in [6.45, 7) is 0.184. The highest BCUT2D eigenvalue weighted by molar-refractivity contribution is 6.29. The highest BCUT2D eigenvalue weighted by Gasteiger charge is 2.33. The molecule has 2 aromatic heterocycles. The van der Waals surface area contributed by atoms with Crippen LogP contribution in [0.25, 0.3) is 0 Å². The van der Waals surface area contributed by atoms with E-state index in [9.17, 15) is 9.59 Å². The SMILES string of the molecule is CNC(=O)C(C(=O)N(Cc1ccc(Cl)nc1)c1ccccn1)c1ccc(OC)cc1. The quantitative estimate of drug-likeness (QED) is 0.465. The van der Waals surface area contributed by atoms with E-state index in [0.717, 1.165) is 5.56 Å². The first-order chi connectivity index (χ1) is 14.5. The third-order valence-electron chi connectivity index (χ3n) is 4.53. The van der Waals surface area contributed by atoms with Crippen molar-refractivity contribution in [3.8, 4) is 5.75 Å². The van der Waals surface area contributed by atoms with Crippen LogP contribution in [0.15, 0.2) is 67.0 Å². The Labute approximate surface area is 179 Å². The van der Waals surface area contributed by atoms with Crippen molar-refractivity contribution in [1.82, 2.24) is 15.3 Å². The molecule has 1 aromatic carbocycles. The van der Waals surface area contributed by atoms with E-state index < -0.39 is 17.7 Å². The standard InChI is InChI=1S/C22H21ClN4O3/c1-24-21(28)20(16-7-9-17(30-2)10-8-16)22(29)27(19-5-3-4-12-25-19)14-15-6-11-18(23)26-13-15/h3-13,20H,14H2,1-2H3,(H,24,28). The van der Waals surface area contributed by atoms with Crippen LogP contribution in [0, 0.1) is 0 Å². The molecular weight excluding hydrogens is 404 g/mol. The molecule has 2 heterocycles. The molecule has 0 saturated carbocycles. The molecule has 8 heteroatoms. The molecule has 0 aliphatic rings. The lowest BCUT2D eigenvalue weighted by atomic mass is 9.96. The van der Waals surface area contributed by atoms with Crippen LogP contribution in [0.3, 0.4) is 0 Å². The molecule has 0 saturated heterocycles. The summed E-state index contributed by atoms with van der Waals surface area (Å²) in [4.78, 5) is 36.2. The maximum atomic E-state index is 13.6. The molecule has 3 aromatic rings. The number of nitrogens with one attached hydrogen (secondary N) is 1. The number of pyridine rings is 2. The van der Waals surface area contributed by atoms with Crippen LogP contribution < -0.4 is 15.0 Å². The summed E-state index contributed by atoms with van der Waals surface area (Å²) < 4.78 is 5.18. The van der Waals surface area contributed by atoms with Gasteiger partial charge in [0.05, 0.1) is 13.7 Å². The summed E-state index contributed by atoms with van der Waals surface area (Å²) in [5.41, 5.74) is 1.30. The van der Waals surface area contributed by atoms with Crippen molar-refractivity contribution in [3.05, 3.63) is 83.3 Å². The van der Waals surface area contributed by atoms with Gasteiger partial charge in [-0.25, -0.2) is 9.97 Å². The van der Waals surface area contributed by atoms with Gasteiger partial charge in [-0.15, -0.1) is 0 Å². The zero-order valence-corrected chi connectivity index (χ0v) is 17.3. The molecule has 30 heavy (non-hydrogen) atoms. The Morgan fingerprint density at radius 1 is 1.10 bits per heavy atom. The van der Waals surface area contributed by atoms with Crippen LogP contribution in [-0.4, -0.2) is 35.9 Å². The molecule has 1 N–H and O–H groups in total. The fourth-order valence-electron chi connectivity index (χ4n) is 2.97. The minimum absolute atomic E-state index is 0.184. The van der Waals surface area contributed by atoms with E-state index in [1.165, 1.54) is 11.9 Å². The van der Waals surface area contributed by atoms with Crippen LogP contribution in [-0.2, 0) is 16.1 Å². The first-order valence-corrected chi connectivity index (χ1v) is 9.59. The number of nitrogens with zero attached hydrogens (tertiary/aromatic N) is 3. The molecule has 0 aliphatic carbocycles. The molecule has 1 atom stereocenters. The Balaban J connectivity index is 2.00. The largest absolute Gasteiger partial charge is 0.497 e. The van der Waals surface area contributed by atoms with Gasteiger partial charge >= 0.3 is 0 Å². The molecule has 7 nitrogen and oxygen atoms in total. The molecule has 3 rings (SSSR count). The van der Waals surface area contributed by atoms with Crippen molar-refractivity contribution in [3.63, 3.8) is 0 Å². The van der Waals surface area contributed by atoms with Crippen LogP contribution in [0.4, 0.5) is 5.82 Å². The van der Waals surface area contributed by atoms with Gasteiger partial charge in [0.15, 0.2) is 0 Å². The number of ether oxygens (including phenoxy) is 1.